The summed E-state index contributed by atoms with van der Waals surface area (Å²) < 4.78 is 5.36. The van der Waals surface area contributed by atoms with Gasteiger partial charge in [0.05, 0.1) is 19.0 Å². The molecule has 0 aliphatic heterocycles. The lowest BCUT2D eigenvalue weighted by molar-refractivity contribution is 0.100. The Morgan fingerprint density at radius 2 is 2.11 bits per heavy atom. The molecule has 0 aliphatic carbocycles. The summed E-state index contributed by atoms with van der Waals surface area (Å²) in [5.74, 6) is 1.57. The van der Waals surface area contributed by atoms with Crippen LogP contribution in [-0.4, -0.2) is 22.9 Å². The van der Waals surface area contributed by atoms with Crippen LogP contribution in [0.15, 0.2) is 24.4 Å². The van der Waals surface area contributed by atoms with Crippen LogP contribution in [0.1, 0.15) is 42.9 Å². The maximum atomic E-state index is 11.3. The maximum absolute atomic E-state index is 11.3. The number of aromatic amines is 1. The lowest BCUT2D eigenvalue weighted by Crippen LogP contribution is -1.96. The van der Waals surface area contributed by atoms with Crippen LogP contribution in [0.2, 0.25) is 0 Å². The second-order valence-corrected chi connectivity index (χ2v) is 4.81. The van der Waals surface area contributed by atoms with E-state index in [1.54, 1.807) is 13.3 Å². The van der Waals surface area contributed by atoms with E-state index >= 15 is 0 Å². The molecular formula is C15H18N2O2. The highest BCUT2D eigenvalue weighted by Crippen LogP contribution is 2.30. The van der Waals surface area contributed by atoms with Gasteiger partial charge in [-0.15, -0.1) is 0 Å². The predicted octanol–water partition coefficient (Wildman–Crippen LogP) is 3.41. The minimum atomic E-state index is -0.0659. The van der Waals surface area contributed by atoms with E-state index in [4.69, 9.17) is 4.74 Å². The summed E-state index contributed by atoms with van der Waals surface area (Å²) in [7, 11) is 1.67. The first-order valence-electron chi connectivity index (χ1n) is 6.27. The molecule has 2 aromatic rings. The zero-order valence-electron chi connectivity index (χ0n) is 11.7. The van der Waals surface area contributed by atoms with E-state index in [1.807, 2.05) is 12.1 Å². The van der Waals surface area contributed by atoms with Gasteiger partial charge in [0.2, 0.25) is 0 Å². The fraction of sp³-hybridized carbons (Fsp3) is 0.333. The Morgan fingerprint density at radius 3 is 2.63 bits per heavy atom. The van der Waals surface area contributed by atoms with Crippen molar-refractivity contribution < 1.29 is 9.53 Å². The number of rotatable bonds is 4. The summed E-state index contributed by atoms with van der Waals surface area (Å²) in [4.78, 5) is 18.4. The van der Waals surface area contributed by atoms with Crippen LogP contribution in [0.4, 0.5) is 0 Å². The number of imidazole rings is 1. The molecule has 100 valence electrons. The van der Waals surface area contributed by atoms with Crippen molar-refractivity contribution in [3.63, 3.8) is 0 Å². The molecule has 0 atom stereocenters. The Kier molecular flexibility index (Phi) is 3.69. The SMILES string of the molecule is COc1ccc(-c2cnc(C(C)=O)[nH]2)cc1C(C)C. The van der Waals surface area contributed by atoms with Crippen LogP contribution in [0.25, 0.3) is 11.3 Å². The minimum Gasteiger partial charge on any atom is -0.496 e. The summed E-state index contributed by atoms with van der Waals surface area (Å²) in [5, 5.41) is 0. The molecule has 2 rings (SSSR count). The zero-order chi connectivity index (χ0) is 14.0. The number of benzene rings is 1. The van der Waals surface area contributed by atoms with Crippen molar-refractivity contribution in [1.29, 1.82) is 0 Å². The number of ketones is 1. The van der Waals surface area contributed by atoms with Gasteiger partial charge in [-0.1, -0.05) is 13.8 Å². The largest absolute Gasteiger partial charge is 0.496 e. The number of H-pyrrole nitrogens is 1. The third kappa shape index (κ3) is 2.67. The van der Waals surface area contributed by atoms with Crippen molar-refractivity contribution in [2.24, 2.45) is 0 Å². The topological polar surface area (TPSA) is 55.0 Å². The van der Waals surface area contributed by atoms with Crippen LogP contribution >= 0.6 is 0 Å². The Bertz CT molecular complexity index is 600. The summed E-state index contributed by atoms with van der Waals surface area (Å²) in [6.07, 6.45) is 1.68. The van der Waals surface area contributed by atoms with E-state index in [0.29, 0.717) is 11.7 Å². The Labute approximate surface area is 112 Å². The zero-order valence-corrected chi connectivity index (χ0v) is 11.7. The normalized spacial score (nSPS) is 10.8. The molecule has 1 N–H and O–H groups in total. The molecular weight excluding hydrogens is 240 g/mol. The first-order chi connectivity index (χ1) is 9.02. The van der Waals surface area contributed by atoms with Gasteiger partial charge in [0.1, 0.15) is 5.75 Å². The van der Waals surface area contributed by atoms with Crippen molar-refractivity contribution in [3.8, 4) is 17.0 Å². The van der Waals surface area contributed by atoms with E-state index in [-0.39, 0.29) is 5.78 Å². The third-order valence-electron chi connectivity index (χ3n) is 3.07. The molecule has 1 aromatic heterocycles. The van der Waals surface area contributed by atoms with Gasteiger partial charge in [-0.3, -0.25) is 4.79 Å². The van der Waals surface area contributed by atoms with Crippen LogP contribution in [0, 0.1) is 0 Å². The van der Waals surface area contributed by atoms with E-state index in [2.05, 4.69) is 29.9 Å². The standard InChI is InChI=1S/C15H18N2O2/c1-9(2)12-7-11(5-6-14(12)19-4)13-8-16-15(17-13)10(3)18/h5-9H,1-4H3,(H,16,17). The Morgan fingerprint density at radius 1 is 1.37 bits per heavy atom. The third-order valence-corrected chi connectivity index (χ3v) is 3.07. The Hall–Kier alpha value is -2.10. The molecule has 1 aromatic carbocycles. The smallest absolute Gasteiger partial charge is 0.194 e. The van der Waals surface area contributed by atoms with Crippen molar-refractivity contribution in [3.05, 3.63) is 35.8 Å². The van der Waals surface area contributed by atoms with Crippen molar-refractivity contribution in [2.45, 2.75) is 26.7 Å². The molecule has 1 heterocycles. The Balaban J connectivity index is 2.44. The molecule has 0 spiro atoms. The molecule has 0 unspecified atom stereocenters. The van der Waals surface area contributed by atoms with Gasteiger partial charge in [-0.2, -0.15) is 0 Å². The number of carbonyl (C=O) groups is 1. The van der Waals surface area contributed by atoms with Gasteiger partial charge < -0.3 is 9.72 Å². The van der Waals surface area contributed by atoms with Crippen molar-refractivity contribution in [1.82, 2.24) is 9.97 Å². The molecule has 0 aliphatic rings. The highest BCUT2D eigenvalue weighted by atomic mass is 16.5. The lowest BCUT2D eigenvalue weighted by Gasteiger charge is -2.12. The first-order valence-corrected chi connectivity index (χ1v) is 6.27. The van der Waals surface area contributed by atoms with Gasteiger partial charge in [-0.05, 0) is 29.7 Å². The number of hydrogen-bond donors (Lipinski definition) is 1. The van der Waals surface area contributed by atoms with E-state index < -0.39 is 0 Å². The molecule has 0 saturated carbocycles. The number of ether oxygens (including phenoxy) is 1. The van der Waals surface area contributed by atoms with Gasteiger partial charge in [-0.25, -0.2) is 4.98 Å². The van der Waals surface area contributed by atoms with Crippen LogP contribution in [0.3, 0.4) is 0 Å². The highest BCUT2D eigenvalue weighted by molar-refractivity contribution is 5.91. The highest BCUT2D eigenvalue weighted by Gasteiger charge is 2.11. The number of Topliss-reactive ketones (excluding diaryl/α,β-unsaturated/α-hetero) is 1. The number of carbonyl (C=O) groups excluding carboxylic acids is 1. The second kappa shape index (κ2) is 5.26. The maximum Gasteiger partial charge on any atom is 0.194 e. The van der Waals surface area contributed by atoms with E-state index in [1.165, 1.54) is 6.92 Å². The predicted molar refractivity (Wildman–Crippen MR) is 74.7 cm³/mol. The van der Waals surface area contributed by atoms with Gasteiger partial charge >= 0.3 is 0 Å². The number of aromatic nitrogens is 2. The number of hydrogen-bond acceptors (Lipinski definition) is 3. The average molecular weight is 258 g/mol. The number of methoxy groups -OCH3 is 1. The second-order valence-electron chi connectivity index (χ2n) is 4.81. The average Bonchev–Trinajstić information content (AvgIpc) is 2.87. The fourth-order valence-corrected chi connectivity index (χ4v) is 2.00. The molecule has 19 heavy (non-hydrogen) atoms. The van der Waals surface area contributed by atoms with Gasteiger partial charge in [0.15, 0.2) is 11.6 Å². The van der Waals surface area contributed by atoms with Crippen LogP contribution in [0.5, 0.6) is 5.75 Å². The molecule has 0 radical (unpaired) electrons. The van der Waals surface area contributed by atoms with Gasteiger partial charge in [0, 0.05) is 12.5 Å². The van der Waals surface area contributed by atoms with Crippen molar-refractivity contribution >= 4 is 5.78 Å². The molecule has 4 heteroatoms. The summed E-state index contributed by atoms with van der Waals surface area (Å²) in [6.45, 7) is 5.74. The van der Waals surface area contributed by atoms with Gasteiger partial charge in [0.25, 0.3) is 0 Å². The lowest BCUT2D eigenvalue weighted by atomic mass is 9.98. The summed E-state index contributed by atoms with van der Waals surface area (Å²) in [5.41, 5.74) is 2.98. The van der Waals surface area contributed by atoms with Crippen molar-refractivity contribution in [2.75, 3.05) is 7.11 Å². The molecule has 0 amide bonds. The summed E-state index contributed by atoms with van der Waals surface area (Å²) in [6, 6.07) is 5.97. The monoisotopic (exact) mass is 258 g/mol. The van der Waals surface area contributed by atoms with E-state index in [0.717, 1.165) is 22.6 Å². The number of nitrogens with zero attached hydrogens (tertiary/aromatic N) is 1. The quantitative estimate of drug-likeness (QED) is 0.855. The molecule has 0 bridgehead atoms. The first kappa shape index (κ1) is 13.3. The molecule has 4 nitrogen and oxygen atoms in total. The molecule has 0 saturated heterocycles. The fourth-order valence-electron chi connectivity index (χ4n) is 2.00. The van der Waals surface area contributed by atoms with Crippen LogP contribution < -0.4 is 4.74 Å². The molecule has 0 fully saturated rings. The van der Waals surface area contributed by atoms with E-state index in [9.17, 15) is 4.79 Å². The van der Waals surface area contributed by atoms with Crippen LogP contribution in [-0.2, 0) is 0 Å². The minimum absolute atomic E-state index is 0.0659. The number of nitrogens with one attached hydrogen (secondary N) is 1. The summed E-state index contributed by atoms with van der Waals surface area (Å²) >= 11 is 0.